The number of fused-ring (bicyclic) bond motifs is 1. The maximum absolute atomic E-state index is 12.8. The number of aromatic amines is 1. The molecule has 0 unspecified atom stereocenters. The first-order valence-corrected chi connectivity index (χ1v) is 8.82. The van der Waals surface area contributed by atoms with E-state index in [-0.39, 0.29) is 11.5 Å². The second-order valence-electron chi connectivity index (χ2n) is 6.38. The van der Waals surface area contributed by atoms with Gasteiger partial charge in [-0.1, -0.05) is 24.3 Å². The van der Waals surface area contributed by atoms with Crippen LogP contribution in [0.3, 0.4) is 0 Å². The van der Waals surface area contributed by atoms with Crippen molar-refractivity contribution in [1.82, 2.24) is 30.0 Å². The Labute approximate surface area is 160 Å². The van der Waals surface area contributed by atoms with Crippen LogP contribution in [0.1, 0.15) is 24.1 Å². The summed E-state index contributed by atoms with van der Waals surface area (Å²) in [6, 6.07) is 10.9. The van der Waals surface area contributed by atoms with Gasteiger partial charge in [0, 0.05) is 36.1 Å². The maximum Gasteiger partial charge on any atom is 0.272 e. The molecule has 0 radical (unpaired) electrons. The Morgan fingerprint density at radius 3 is 2.79 bits per heavy atom. The van der Waals surface area contributed by atoms with Gasteiger partial charge in [-0.15, -0.1) is 0 Å². The van der Waals surface area contributed by atoms with Gasteiger partial charge in [0.25, 0.3) is 5.56 Å². The van der Waals surface area contributed by atoms with E-state index in [0.717, 1.165) is 5.56 Å². The number of pyridine rings is 1. The molecule has 0 aliphatic carbocycles. The minimum atomic E-state index is -0.532. The van der Waals surface area contributed by atoms with E-state index >= 15 is 0 Å². The van der Waals surface area contributed by atoms with E-state index < -0.39 is 5.92 Å². The summed E-state index contributed by atoms with van der Waals surface area (Å²) in [6.07, 6.45) is 6.82. The molecule has 0 aliphatic rings. The summed E-state index contributed by atoms with van der Waals surface area (Å²) in [6.45, 7) is 2.08. The molecule has 0 saturated carbocycles. The number of rotatable bonds is 5. The highest BCUT2D eigenvalue weighted by atomic mass is 16.2. The first-order valence-electron chi connectivity index (χ1n) is 8.82. The van der Waals surface area contributed by atoms with Crippen molar-refractivity contribution in [3.05, 3.63) is 82.9 Å². The van der Waals surface area contributed by atoms with Crippen LogP contribution >= 0.6 is 0 Å². The van der Waals surface area contributed by atoms with E-state index in [9.17, 15) is 9.59 Å². The van der Waals surface area contributed by atoms with Gasteiger partial charge in [-0.05, 0) is 19.1 Å². The summed E-state index contributed by atoms with van der Waals surface area (Å²) < 4.78 is 1.79. The van der Waals surface area contributed by atoms with Gasteiger partial charge < -0.3 is 5.32 Å². The van der Waals surface area contributed by atoms with Gasteiger partial charge in [-0.25, -0.2) is 15.1 Å². The maximum atomic E-state index is 12.8. The molecule has 0 spiro atoms. The fourth-order valence-corrected chi connectivity index (χ4v) is 3.11. The van der Waals surface area contributed by atoms with E-state index in [1.807, 2.05) is 18.2 Å². The zero-order chi connectivity index (χ0) is 19.5. The Balaban J connectivity index is 1.56. The SMILES string of the molecule is C[C@@H](C(=O)NCc1cccnc1-n1ccnc1)c1n[nH]c(=O)c2ccccc12. The lowest BCUT2D eigenvalue weighted by Crippen LogP contribution is -2.29. The second-order valence-corrected chi connectivity index (χ2v) is 6.38. The number of carbonyl (C=O) groups excluding carboxylic acids is 1. The predicted octanol–water partition coefficient (Wildman–Crippen LogP) is 1.92. The molecule has 8 heteroatoms. The number of aromatic nitrogens is 5. The fourth-order valence-electron chi connectivity index (χ4n) is 3.11. The number of imidazole rings is 1. The zero-order valence-electron chi connectivity index (χ0n) is 15.2. The standard InChI is InChI=1S/C20H18N6O2/c1-13(17-15-6-2-3-7-16(15)20(28)25-24-17)19(27)23-11-14-5-4-8-22-18(14)26-10-9-21-12-26/h2-10,12-13H,11H2,1H3,(H,23,27)(H,25,28)/t13-/m1/s1. The highest BCUT2D eigenvalue weighted by molar-refractivity contribution is 5.90. The van der Waals surface area contributed by atoms with Gasteiger partial charge in [0.05, 0.1) is 17.0 Å². The van der Waals surface area contributed by atoms with Crippen LogP contribution in [0.15, 0.2) is 66.1 Å². The topological polar surface area (TPSA) is 106 Å². The second kappa shape index (κ2) is 7.43. The van der Waals surface area contributed by atoms with Crippen LogP contribution in [-0.4, -0.2) is 30.6 Å². The molecule has 28 heavy (non-hydrogen) atoms. The molecule has 1 aromatic carbocycles. The Kier molecular flexibility index (Phi) is 4.67. The van der Waals surface area contributed by atoms with Crippen molar-refractivity contribution in [3.8, 4) is 5.82 Å². The van der Waals surface area contributed by atoms with Gasteiger partial charge >= 0.3 is 0 Å². The molecule has 4 rings (SSSR count). The van der Waals surface area contributed by atoms with Crippen LogP contribution in [0, 0.1) is 0 Å². The smallest absolute Gasteiger partial charge is 0.272 e. The summed E-state index contributed by atoms with van der Waals surface area (Å²) >= 11 is 0. The highest BCUT2D eigenvalue weighted by Crippen LogP contribution is 2.21. The Bertz CT molecular complexity index is 1180. The molecule has 0 fully saturated rings. The molecule has 2 N–H and O–H groups in total. The van der Waals surface area contributed by atoms with Gasteiger partial charge in [0.1, 0.15) is 12.1 Å². The van der Waals surface area contributed by atoms with Crippen molar-refractivity contribution in [1.29, 1.82) is 0 Å². The summed E-state index contributed by atoms with van der Waals surface area (Å²) in [4.78, 5) is 33.1. The fraction of sp³-hybridized carbons (Fsp3) is 0.150. The lowest BCUT2D eigenvalue weighted by atomic mass is 10.0. The molecule has 0 bridgehead atoms. The summed E-state index contributed by atoms with van der Waals surface area (Å²) in [7, 11) is 0. The molecule has 140 valence electrons. The van der Waals surface area contributed by atoms with E-state index in [2.05, 4.69) is 25.5 Å². The number of amides is 1. The Morgan fingerprint density at radius 2 is 2.00 bits per heavy atom. The minimum Gasteiger partial charge on any atom is -0.351 e. The van der Waals surface area contributed by atoms with Gasteiger partial charge in [-0.2, -0.15) is 5.10 Å². The number of carbonyl (C=O) groups is 1. The zero-order valence-corrected chi connectivity index (χ0v) is 15.2. The Morgan fingerprint density at radius 1 is 1.18 bits per heavy atom. The average Bonchev–Trinajstić information content (AvgIpc) is 3.27. The lowest BCUT2D eigenvalue weighted by Gasteiger charge is -2.14. The third kappa shape index (κ3) is 3.27. The molecule has 8 nitrogen and oxygen atoms in total. The van der Waals surface area contributed by atoms with Gasteiger partial charge in [0.2, 0.25) is 5.91 Å². The van der Waals surface area contributed by atoms with E-state index in [1.165, 1.54) is 0 Å². The van der Waals surface area contributed by atoms with E-state index in [1.54, 1.807) is 54.6 Å². The lowest BCUT2D eigenvalue weighted by molar-refractivity contribution is -0.122. The highest BCUT2D eigenvalue weighted by Gasteiger charge is 2.20. The van der Waals surface area contributed by atoms with Crippen LogP contribution in [0.5, 0.6) is 0 Å². The van der Waals surface area contributed by atoms with Crippen LogP contribution in [0.4, 0.5) is 0 Å². The molecule has 0 aliphatic heterocycles. The third-order valence-electron chi connectivity index (χ3n) is 4.60. The molecule has 1 atom stereocenters. The van der Waals surface area contributed by atoms with Crippen LogP contribution in [0.2, 0.25) is 0 Å². The summed E-state index contributed by atoms with van der Waals surface area (Å²) in [5.74, 6) is -0.0131. The molecule has 1 amide bonds. The van der Waals surface area contributed by atoms with Crippen molar-refractivity contribution >= 4 is 16.7 Å². The Hall–Kier alpha value is -3.81. The largest absolute Gasteiger partial charge is 0.351 e. The van der Waals surface area contributed by atoms with Gasteiger partial charge in [0.15, 0.2) is 0 Å². The first kappa shape index (κ1) is 17.6. The number of nitrogens with one attached hydrogen (secondary N) is 2. The summed E-state index contributed by atoms with van der Waals surface area (Å²) in [5, 5.41) is 10.7. The summed E-state index contributed by atoms with van der Waals surface area (Å²) in [5.41, 5.74) is 1.13. The van der Waals surface area contributed by atoms with Gasteiger partial charge in [-0.3, -0.25) is 14.2 Å². The number of benzene rings is 1. The molecular formula is C20H18N6O2. The first-order chi connectivity index (χ1) is 13.6. The predicted molar refractivity (Wildman–Crippen MR) is 104 cm³/mol. The van der Waals surface area contributed by atoms with Crippen molar-refractivity contribution < 1.29 is 4.79 Å². The molecular weight excluding hydrogens is 356 g/mol. The number of nitrogens with zero attached hydrogens (tertiary/aromatic N) is 4. The van der Waals surface area contributed by atoms with Crippen molar-refractivity contribution in [2.75, 3.05) is 0 Å². The molecule has 0 saturated heterocycles. The van der Waals surface area contributed by atoms with E-state index in [0.29, 0.717) is 28.8 Å². The molecule has 3 heterocycles. The number of hydrogen-bond donors (Lipinski definition) is 2. The minimum absolute atomic E-state index is 0.190. The monoisotopic (exact) mass is 374 g/mol. The van der Waals surface area contributed by atoms with Crippen LogP contribution in [0.25, 0.3) is 16.6 Å². The third-order valence-corrected chi connectivity index (χ3v) is 4.60. The van der Waals surface area contributed by atoms with Crippen LogP contribution in [-0.2, 0) is 11.3 Å². The average molecular weight is 374 g/mol. The molecule has 4 aromatic rings. The van der Waals surface area contributed by atoms with Crippen molar-refractivity contribution in [2.24, 2.45) is 0 Å². The molecule has 3 aromatic heterocycles. The van der Waals surface area contributed by atoms with Crippen molar-refractivity contribution in [3.63, 3.8) is 0 Å². The number of hydrogen-bond acceptors (Lipinski definition) is 5. The number of H-pyrrole nitrogens is 1. The quantitative estimate of drug-likeness (QED) is 0.555. The van der Waals surface area contributed by atoms with Crippen molar-refractivity contribution in [2.45, 2.75) is 19.4 Å². The van der Waals surface area contributed by atoms with Crippen LogP contribution < -0.4 is 10.9 Å². The van der Waals surface area contributed by atoms with E-state index in [4.69, 9.17) is 0 Å². The normalized spacial score (nSPS) is 12.0.